The third kappa shape index (κ3) is 4.04. The Labute approximate surface area is 197 Å². The minimum Gasteiger partial charge on any atom is -0.365 e. The molecular formula is C29H49NO2. The van der Waals surface area contributed by atoms with Crippen LogP contribution in [0, 0.1) is 35.0 Å². The van der Waals surface area contributed by atoms with Crippen LogP contribution in [-0.2, 0) is 9.53 Å². The average molecular weight is 444 g/mol. The normalized spacial score (nSPS) is 45.9. The van der Waals surface area contributed by atoms with Crippen molar-refractivity contribution in [1.29, 1.82) is 0 Å². The van der Waals surface area contributed by atoms with Gasteiger partial charge in [0.05, 0.1) is 11.7 Å². The van der Waals surface area contributed by atoms with E-state index < -0.39 is 0 Å². The zero-order valence-corrected chi connectivity index (χ0v) is 21.9. The van der Waals surface area contributed by atoms with Crippen LogP contribution in [0.4, 0.5) is 0 Å². The maximum Gasteiger partial charge on any atom is 0.133 e. The van der Waals surface area contributed by atoms with Crippen LogP contribution in [0.25, 0.3) is 0 Å². The Morgan fingerprint density at radius 1 is 1.22 bits per heavy atom. The van der Waals surface area contributed by atoms with Gasteiger partial charge in [0.1, 0.15) is 5.78 Å². The van der Waals surface area contributed by atoms with Crippen LogP contribution >= 0.6 is 0 Å². The number of Topliss-reactive ketones (excluding diaryl/α,β-unsaturated/α-hetero) is 1. The zero-order valence-electron chi connectivity index (χ0n) is 21.9. The van der Waals surface area contributed by atoms with Crippen molar-refractivity contribution >= 4 is 5.78 Å². The van der Waals surface area contributed by atoms with E-state index in [0.717, 1.165) is 25.8 Å². The van der Waals surface area contributed by atoms with Crippen LogP contribution in [-0.4, -0.2) is 30.1 Å². The van der Waals surface area contributed by atoms with E-state index in [1.807, 2.05) is 0 Å². The summed E-state index contributed by atoms with van der Waals surface area (Å²) in [5.74, 6) is 3.53. The number of rotatable bonds is 5. The minimum absolute atomic E-state index is 0.0692. The summed E-state index contributed by atoms with van der Waals surface area (Å²) in [4.78, 5) is 12.3. The number of ether oxygens (including phenoxy) is 1. The third-order valence-corrected chi connectivity index (χ3v) is 10.7. The van der Waals surface area contributed by atoms with Crippen LogP contribution < -0.4 is 5.32 Å². The lowest BCUT2D eigenvalue weighted by atomic mass is 9.57. The first-order chi connectivity index (χ1) is 15.1. The number of hydrogen-bond donors (Lipinski definition) is 1. The number of piperidine rings is 1. The highest BCUT2D eigenvalue weighted by atomic mass is 16.5. The first-order valence-electron chi connectivity index (χ1n) is 13.7. The van der Waals surface area contributed by atoms with Gasteiger partial charge in [0, 0.05) is 24.8 Å². The molecule has 1 saturated carbocycles. The topological polar surface area (TPSA) is 38.3 Å². The molecule has 9 atom stereocenters. The van der Waals surface area contributed by atoms with E-state index in [1.54, 1.807) is 11.1 Å². The molecule has 4 rings (SSSR count). The van der Waals surface area contributed by atoms with Crippen molar-refractivity contribution in [3.8, 4) is 0 Å². The quantitative estimate of drug-likeness (QED) is 0.480. The predicted molar refractivity (Wildman–Crippen MR) is 133 cm³/mol. The average Bonchev–Trinajstić information content (AvgIpc) is 3.03. The summed E-state index contributed by atoms with van der Waals surface area (Å²) in [6, 6.07) is 0.504. The summed E-state index contributed by atoms with van der Waals surface area (Å²) in [6.07, 6.45) is 10.2. The second-order valence-corrected chi connectivity index (χ2v) is 12.5. The highest BCUT2D eigenvalue weighted by Gasteiger charge is 2.56. The second-order valence-electron chi connectivity index (χ2n) is 12.5. The van der Waals surface area contributed by atoms with E-state index in [2.05, 4.69) is 53.8 Å². The number of allylic oxidation sites excluding steroid dienone is 1. The van der Waals surface area contributed by atoms with Gasteiger partial charge in [0.25, 0.3) is 0 Å². The highest BCUT2D eigenvalue weighted by molar-refractivity contribution is 5.79. The van der Waals surface area contributed by atoms with Gasteiger partial charge in [-0.05, 0) is 86.7 Å². The lowest BCUT2D eigenvalue weighted by molar-refractivity contribution is -0.126. The van der Waals surface area contributed by atoms with Crippen LogP contribution in [0.1, 0.15) is 106 Å². The summed E-state index contributed by atoms with van der Waals surface area (Å²) in [7, 11) is 0. The second kappa shape index (κ2) is 9.17. The van der Waals surface area contributed by atoms with Gasteiger partial charge in [-0.3, -0.25) is 4.79 Å². The molecule has 0 amide bonds. The van der Waals surface area contributed by atoms with Crippen molar-refractivity contribution in [2.75, 3.05) is 6.54 Å². The highest BCUT2D eigenvalue weighted by Crippen LogP contribution is 2.55. The largest absolute Gasteiger partial charge is 0.365 e. The minimum atomic E-state index is -0.0692. The van der Waals surface area contributed by atoms with Crippen molar-refractivity contribution < 1.29 is 9.53 Å². The van der Waals surface area contributed by atoms with Crippen molar-refractivity contribution in [1.82, 2.24) is 5.32 Å². The molecule has 0 radical (unpaired) electrons. The molecule has 0 aromatic heterocycles. The van der Waals surface area contributed by atoms with Gasteiger partial charge >= 0.3 is 0 Å². The SMILES string of the molecule is CCC[C@@H]1CC(=O)CC[C@]1(C)[C@H](C)CC1=C(C)[C@]2(CC[C@H]1C)O[C@@H]1C[C@H](C)CN[C@H]1[C@H]2C. The Hall–Kier alpha value is -0.670. The van der Waals surface area contributed by atoms with E-state index in [1.165, 1.54) is 38.5 Å². The van der Waals surface area contributed by atoms with E-state index >= 15 is 0 Å². The molecule has 2 aliphatic heterocycles. The number of fused-ring (bicyclic) bond motifs is 1. The Bertz CT molecular complexity index is 743. The Morgan fingerprint density at radius 2 is 1.97 bits per heavy atom. The van der Waals surface area contributed by atoms with Crippen molar-refractivity contribution in [3.63, 3.8) is 0 Å². The van der Waals surface area contributed by atoms with Gasteiger partial charge in [-0.25, -0.2) is 0 Å². The van der Waals surface area contributed by atoms with Crippen molar-refractivity contribution in [2.45, 2.75) is 124 Å². The molecule has 4 aliphatic rings. The molecule has 32 heavy (non-hydrogen) atoms. The van der Waals surface area contributed by atoms with Crippen LogP contribution in [0.5, 0.6) is 0 Å². The molecule has 0 aromatic rings. The molecule has 182 valence electrons. The molecule has 0 aromatic carbocycles. The molecule has 3 nitrogen and oxygen atoms in total. The number of carbonyl (C=O) groups excluding carboxylic acids is 1. The summed E-state index contributed by atoms with van der Waals surface area (Å²) in [5, 5.41) is 3.84. The van der Waals surface area contributed by atoms with Gasteiger partial charge < -0.3 is 10.1 Å². The van der Waals surface area contributed by atoms with Crippen LogP contribution in [0.15, 0.2) is 11.1 Å². The van der Waals surface area contributed by atoms with E-state index in [4.69, 9.17) is 4.74 Å². The fourth-order valence-electron chi connectivity index (χ4n) is 8.10. The summed E-state index contributed by atoms with van der Waals surface area (Å²) < 4.78 is 7.03. The van der Waals surface area contributed by atoms with Crippen molar-refractivity contribution in [3.05, 3.63) is 11.1 Å². The number of ketones is 1. The molecule has 3 heteroatoms. The van der Waals surface area contributed by atoms with Gasteiger partial charge in [0.15, 0.2) is 0 Å². The first-order valence-corrected chi connectivity index (χ1v) is 13.7. The molecule has 3 fully saturated rings. The Morgan fingerprint density at radius 3 is 2.69 bits per heavy atom. The maximum atomic E-state index is 12.3. The third-order valence-electron chi connectivity index (χ3n) is 10.7. The van der Waals surface area contributed by atoms with E-state index in [-0.39, 0.29) is 11.0 Å². The maximum absolute atomic E-state index is 12.3. The van der Waals surface area contributed by atoms with Gasteiger partial charge in [-0.15, -0.1) is 0 Å². The molecule has 0 bridgehead atoms. The smallest absolute Gasteiger partial charge is 0.133 e. The van der Waals surface area contributed by atoms with Crippen LogP contribution in [0.2, 0.25) is 0 Å². The van der Waals surface area contributed by atoms with E-state index in [9.17, 15) is 4.79 Å². The number of hydrogen-bond acceptors (Lipinski definition) is 3. The molecule has 1 N–H and O–H groups in total. The lowest BCUT2D eigenvalue weighted by Gasteiger charge is -2.48. The first kappa shape index (κ1) is 24.5. The predicted octanol–water partition coefficient (Wildman–Crippen LogP) is 6.71. The number of nitrogens with one attached hydrogen (secondary N) is 1. The Kier molecular flexibility index (Phi) is 7.01. The fourth-order valence-corrected chi connectivity index (χ4v) is 8.10. The molecule has 2 saturated heterocycles. The fraction of sp³-hybridized carbons (Fsp3) is 0.897. The van der Waals surface area contributed by atoms with Crippen LogP contribution in [0.3, 0.4) is 0 Å². The summed E-state index contributed by atoms with van der Waals surface area (Å²) in [6.45, 7) is 18.0. The molecule has 1 spiro atoms. The lowest BCUT2D eigenvalue weighted by Crippen LogP contribution is -2.49. The molecule has 0 unspecified atom stereocenters. The standard InChI is InChI=1S/C29H49NO2/c1-8-9-23-16-24(31)11-12-28(23,7)20(4)15-25-19(3)10-13-29(21(25)5)22(6)27-26(32-29)14-18(2)17-30-27/h18-20,22-23,26-27,30H,8-17H2,1-7H3/t18-,19+,20+,22+,23+,26+,27-,28+,29-/m0/s1. The van der Waals surface area contributed by atoms with Crippen molar-refractivity contribution in [2.24, 2.45) is 35.0 Å². The summed E-state index contributed by atoms with van der Waals surface area (Å²) >= 11 is 0. The molecule has 2 aliphatic carbocycles. The van der Waals surface area contributed by atoms with Gasteiger partial charge in [-0.2, -0.15) is 0 Å². The molecular weight excluding hydrogens is 394 g/mol. The van der Waals surface area contributed by atoms with Gasteiger partial charge in [0.2, 0.25) is 0 Å². The summed E-state index contributed by atoms with van der Waals surface area (Å²) in [5.41, 5.74) is 3.44. The monoisotopic (exact) mass is 443 g/mol. The zero-order chi connectivity index (χ0) is 23.3. The Balaban J connectivity index is 1.60. The van der Waals surface area contributed by atoms with E-state index in [0.29, 0.717) is 47.5 Å². The number of carbonyl (C=O) groups is 1. The van der Waals surface area contributed by atoms with Gasteiger partial charge in [-0.1, -0.05) is 53.5 Å². The molecule has 2 heterocycles.